The first-order valence-corrected chi connectivity index (χ1v) is 34.0. The van der Waals surface area contributed by atoms with Crippen molar-refractivity contribution in [1.29, 1.82) is 0 Å². The Bertz CT molecular complexity index is 5200. The molecule has 0 bridgehead atoms. The molecule has 2 aromatic heterocycles. The lowest BCUT2D eigenvalue weighted by atomic mass is 9.89. The lowest BCUT2D eigenvalue weighted by Gasteiger charge is -2.23. The number of nitrogens with zero attached hydrogens (tertiary/aromatic N) is 9. The molecule has 518 valence electrons. The lowest BCUT2D eigenvalue weighted by Crippen LogP contribution is -2.38. The van der Waals surface area contributed by atoms with Gasteiger partial charge in [-0.25, -0.2) is 25.0 Å². The number of carbonyl (C=O) groups excluding carboxylic acids is 2. The van der Waals surface area contributed by atoms with Crippen LogP contribution >= 0.6 is 0 Å². The van der Waals surface area contributed by atoms with E-state index in [-0.39, 0.29) is 162 Å². The number of nitrogens with one attached hydrogen (secondary N) is 2. The number of nitrogens with two attached hydrogens (primary N) is 2. The summed E-state index contributed by atoms with van der Waals surface area (Å²) < 4.78 is 16.9. The predicted octanol–water partition coefficient (Wildman–Crippen LogP) is 7.89. The van der Waals surface area contributed by atoms with Crippen LogP contribution in [0.5, 0.6) is 23.3 Å². The molecular formula is C74H85N13O12. The maximum absolute atomic E-state index is 14.8. The van der Waals surface area contributed by atoms with Gasteiger partial charge in [0.05, 0.1) is 91.2 Å². The minimum absolute atomic E-state index is 0.0745. The standard InChI is InChI=1S/C74H85N13O12/c1-11-17-19-41(13-3)37-84-66(90)47-31-52(79-39(7)8)61-57-49(33-54(98-15-5)63(59(47)57)70(84)94)68(92)86(72(61)96)45-25-21-43(22-26-45)35-77-82-56(88)30-29-51(81-74(75)76)65(89)83-78-36-44-23-27-46(28-24-44)87-69(93)50-34-55(99-16-6)64-60-48(32-53(80-40(9)10)62(58(50)60)73(87)97)67(91)85(71(64)95)38-42(14-4)20-18-12-2/h21-28,31-36,39-42,51,96-97H,11-20,29-30,37-38H2,1-10H3,(H,82,88)(H,83,89)(H4,75,76,81)/b77-35+,78-36+,79-52?,80-53?/t41?,42?,51-/m0/s1. The molecule has 10 rings (SSSR count). The number of benzene rings is 6. The van der Waals surface area contributed by atoms with Gasteiger partial charge in [-0.15, -0.1) is 0 Å². The van der Waals surface area contributed by atoms with E-state index in [1.54, 1.807) is 74.5 Å². The summed E-state index contributed by atoms with van der Waals surface area (Å²) in [5.74, 6) is -2.25. The molecule has 0 radical (unpaired) electrons. The van der Waals surface area contributed by atoms with Gasteiger partial charge in [-0.3, -0.25) is 57.5 Å². The smallest absolute Gasteiger partial charge is 0.265 e. The zero-order valence-electron chi connectivity index (χ0n) is 57.5. The first-order chi connectivity index (χ1) is 47.5. The summed E-state index contributed by atoms with van der Waals surface area (Å²) in [4.78, 5) is 128. The van der Waals surface area contributed by atoms with Gasteiger partial charge in [0.2, 0.25) is 17.7 Å². The molecule has 4 heterocycles. The van der Waals surface area contributed by atoms with Crippen molar-refractivity contribution in [2.24, 2.45) is 48.5 Å². The van der Waals surface area contributed by atoms with Crippen LogP contribution < -0.4 is 75.9 Å². The molecule has 99 heavy (non-hydrogen) atoms. The van der Waals surface area contributed by atoms with Gasteiger partial charge in [-0.2, -0.15) is 10.2 Å². The average molecular weight is 1350 g/mol. The van der Waals surface area contributed by atoms with E-state index in [2.05, 4.69) is 39.9 Å². The predicted molar refractivity (Wildman–Crippen MR) is 387 cm³/mol. The number of aliphatic imine (C=N–C) groups is 1. The van der Waals surface area contributed by atoms with Gasteiger partial charge in [0.15, 0.2) is 5.96 Å². The number of amides is 2. The quantitative estimate of drug-likeness (QED) is 0.0112. The lowest BCUT2D eigenvalue weighted by molar-refractivity contribution is -0.123. The maximum Gasteiger partial charge on any atom is 0.265 e. The first kappa shape index (κ1) is 70.9. The molecule has 2 amide bonds. The molecule has 0 spiro atoms. The molecule has 2 unspecified atom stereocenters. The highest BCUT2D eigenvalue weighted by Gasteiger charge is 2.33. The molecule has 0 saturated carbocycles. The number of rotatable bonds is 29. The molecule has 0 fully saturated rings. The first-order valence-electron chi connectivity index (χ1n) is 34.0. The van der Waals surface area contributed by atoms with Gasteiger partial charge in [-0.05, 0) is 132 Å². The third kappa shape index (κ3) is 14.0. The summed E-state index contributed by atoms with van der Waals surface area (Å²) in [6, 6.07) is 17.0. The Morgan fingerprint density at radius 1 is 0.535 bits per heavy atom. The van der Waals surface area contributed by atoms with Crippen molar-refractivity contribution in [2.75, 3.05) is 13.2 Å². The Balaban J connectivity index is 0.848. The highest BCUT2D eigenvalue weighted by atomic mass is 16.5. The number of hydrazone groups is 2. The van der Waals surface area contributed by atoms with Crippen LogP contribution in [0.25, 0.3) is 76.7 Å². The van der Waals surface area contributed by atoms with Crippen molar-refractivity contribution < 1.29 is 29.3 Å². The summed E-state index contributed by atoms with van der Waals surface area (Å²) in [6.45, 7) is 19.9. The number of guanidine groups is 1. The van der Waals surface area contributed by atoms with Gasteiger partial charge in [0, 0.05) is 53.5 Å². The molecule has 25 nitrogen and oxygen atoms in total. The molecule has 4 aromatic carbocycles. The van der Waals surface area contributed by atoms with Gasteiger partial charge in [0.25, 0.3) is 39.3 Å². The summed E-state index contributed by atoms with van der Waals surface area (Å²) in [5.41, 5.74) is 15.1. The van der Waals surface area contributed by atoms with E-state index in [1.165, 1.54) is 33.7 Å². The Labute approximate surface area is 569 Å². The molecule has 8 N–H and O–H groups in total. The fourth-order valence-electron chi connectivity index (χ4n) is 13.2. The second-order valence-corrected chi connectivity index (χ2v) is 25.6. The number of unbranched alkanes of at least 4 members (excludes halogenated alkanes) is 2. The minimum Gasteiger partial charge on any atom is -0.494 e. The van der Waals surface area contributed by atoms with Crippen LogP contribution in [0.15, 0.2) is 127 Å². The largest absolute Gasteiger partial charge is 0.494 e. The zero-order chi connectivity index (χ0) is 71.3. The number of hydrogen-bond acceptors (Lipinski definition) is 17. The minimum atomic E-state index is -1.26. The van der Waals surface area contributed by atoms with Gasteiger partial charge in [-0.1, -0.05) is 90.5 Å². The van der Waals surface area contributed by atoms with Crippen molar-refractivity contribution in [3.63, 3.8) is 0 Å². The van der Waals surface area contributed by atoms with Crippen LogP contribution in [-0.4, -0.2) is 90.0 Å². The van der Waals surface area contributed by atoms with E-state index < -0.39 is 68.9 Å². The Morgan fingerprint density at radius 3 is 1.32 bits per heavy atom. The van der Waals surface area contributed by atoms with Crippen molar-refractivity contribution in [1.82, 2.24) is 29.1 Å². The monoisotopic (exact) mass is 1350 g/mol. The van der Waals surface area contributed by atoms with Crippen LogP contribution in [0.2, 0.25) is 0 Å². The van der Waals surface area contributed by atoms with Crippen LogP contribution in [0.3, 0.4) is 0 Å². The molecule has 2 aliphatic carbocycles. The van der Waals surface area contributed by atoms with Crippen LogP contribution in [0.1, 0.15) is 145 Å². The SMILES string of the molecule is CCCCC(CC)Cn1c(=O)c2cc(=NC(C)C)c3c(O)n(-c4ccc(/C=N/NC(=O)CC[C@H](N=C(N)N)C(=O)N/N=C/c5ccc(-n6c(O)c7c(=NC(C)C)cc8c(=O)n(CC(CC)CCCC)c(=O)c9c(OCC)cc(c6=O)c7c9-8)cc5)cc4)c(=O)c4cc(OCC)c(c-2c43)c1=O. The number of aromatic nitrogens is 4. The van der Waals surface area contributed by atoms with Gasteiger partial charge < -0.3 is 31.2 Å². The number of hydrogen-bond donors (Lipinski definition) is 6. The van der Waals surface area contributed by atoms with Crippen molar-refractivity contribution in [3.05, 3.63) is 157 Å². The van der Waals surface area contributed by atoms with E-state index in [0.29, 0.717) is 11.1 Å². The molecule has 25 heteroatoms. The fraction of sp³-hybridized carbons (Fsp3) is 0.392. The molecule has 2 aliphatic heterocycles. The van der Waals surface area contributed by atoms with E-state index in [4.69, 9.17) is 30.9 Å². The Hall–Kier alpha value is -10.9. The van der Waals surface area contributed by atoms with E-state index >= 15 is 0 Å². The van der Waals surface area contributed by atoms with Crippen molar-refractivity contribution in [2.45, 2.75) is 165 Å². The van der Waals surface area contributed by atoms with Crippen LogP contribution in [0.4, 0.5) is 0 Å². The highest BCUT2D eigenvalue weighted by molar-refractivity contribution is 6.18. The van der Waals surface area contributed by atoms with Crippen LogP contribution in [-0.2, 0) is 22.7 Å². The second kappa shape index (κ2) is 30.3. The fourth-order valence-corrected chi connectivity index (χ4v) is 13.2. The molecule has 6 aromatic rings. The number of ether oxygens (including phenoxy) is 2. The van der Waals surface area contributed by atoms with Gasteiger partial charge in [0.1, 0.15) is 17.5 Å². The zero-order valence-corrected chi connectivity index (χ0v) is 57.5. The van der Waals surface area contributed by atoms with E-state index in [9.17, 15) is 48.6 Å². The summed E-state index contributed by atoms with van der Waals surface area (Å²) in [6.07, 6.45) is 9.31. The molecule has 0 saturated heterocycles. The maximum atomic E-state index is 14.8. The Morgan fingerprint density at radius 2 is 0.949 bits per heavy atom. The van der Waals surface area contributed by atoms with Crippen LogP contribution in [0, 0.1) is 11.8 Å². The highest BCUT2D eigenvalue weighted by Crippen LogP contribution is 2.43. The topological polar surface area (TPSA) is 353 Å². The number of carbonyl (C=O) groups is 2. The van der Waals surface area contributed by atoms with Crippen molar-refractivity contribution >= 4 is 73.3 Å². The van der Waals surface area contributed by atoms with Crippen molar-refractivity contribution in [3.8, 4) is 56.9 Å². The summed E-state index contributed by atoms with van der Waals surface area (Å²) >= 11 is 0. The number of aromatic hydroxyl groups is 2. The Kier molecular flexibility index (Phi) is 21.7. The molecule has 4 aliphatic rings. The third-order valence-corrected chi connectivity index (χ3v) is 18.0. The van der Waals surface area contributed by atoms with E-state index in [1.807, 2.05) is 41.5 Å². The van der Waals surface area contributed by atoms with E-state index in [0.717, 1.165) is 60.5 Å². The van der Waals surface area contributed by atoms with Gasteiger partial charge >= 0.3 is 0 Å². The third-order valence-electron chi connectivity index (χ3n) is 18.0. The normalized spacial score (nSPS) is 13.5. The molecular weight excluding hydrogens is 1260 g/mol. The number of pyridine rings is 4. The summed E-state index contributed by atoms with van der Waals surface area (Å²) in [7, 11) is 0. The summed E-state index contributed by atoms with van der Waals surface area (Å²) in [5, 5.41) is 34.4. The second-order valence-electron chi connectivity index (χ2n) is 25.6. The average Bonchev–Trinajstić information content (AvgIpc) is 0.705. The molecule has 3 atom stereocenters.